The van der Waals surface area contributed by atoms with Gasteiger partial charge < -0.3 is 14.6 Å². The van der Waals surface area contributed by atoms with E-state index in [1.54, 1.807) is 24.7 Å². The number of nitrogens with zero attached hydrogens (tertiary/aromatic N) is 3. The van der Waals surface area contributed by atoms with Crippen LogP contribution in [0, 0.1) is 0 Å². The first kappa shape index (κ1) is 17.5. The van der Waals surface area contributed by atoms with Crippen molar-refractivity contribution in [2.24, 2.45) is 21.1 Å². The molecule has 0 aromatic carbocycles. The van der Waals surface area contributed by atoms with Crippen molar-refractivity contribution < 1.29 is 9.53 Å². The number of fused-ring (bicyclic) bond motifs is 1. The van der Waals surface area contributed by atoms with Gasteiger partial charge in [-0.05, 0) is 32.8 Å². The molecule has 1 N–H and O–H groups in total. The minimum absolute atomic E-state index is 0.0147. The minimum Gasteiger partial charge on any atom is -0.375 e. The van der Waals surface area contributed by atoms with E-state index in [2.05, 4.69) is 5.32 Å². The van der Waals surface area contributed by atoms with Crippen LogP contribution in [0.2, 0.25) is 0 Å². The van der Waals surface area contributed by atoms with E-state index in [4.69, 9.17) is 4.74 Å². The number of hydrogen-bond donors (Lipinski definition) is 1. The number of amides is 1. The van der Waals surface area contributed by atoms with Gasteiger partial charge in [0.1, 0.15) is 11.3 Å². The molecule has 1 aliphatic rings. The van der Waals surface area contributed by atoms with Gasteiger partial charge in [-0.1, -0.05) is 0 Å². The molecule has 8 nitrogen and oxygen atoms in total. The van der Waals surface area contributed by atoms with Crippen molar-refractivity contribution in [2.75, 3.05) is 6.61 Å². The quantitative estimate of drug-likeness (QED) is 0.844. The van der Waals surface area contributed by atoms with Crippen LogP contribution >= 0.6 is 0 Å². The Hall–Kier alpha value is -2.35. The molecule has 3 rings (SSSR count). The molecule has 0 radical (unpaired) electrons. The Morgan fingerprint density at radius 2 is 1.88 bits per heavy atom. The number of aryl methyl sites for hydroxylation is 2. The molecule has 0 saturated carbocycles. The van der Waals surface area contributed by atoms with Crippen LogP contribution in [0.5, 0.6) is 0 Å². The smallest absolute Gasteiger partial charge is 0.332 e. The molecule has 1 saturated heterocycles. The third-order valence-corrected chi connectivity index (χ3v) is 4.89. The Labute approximate surface area is 145 Å². The van der Waals surface area contributed by atoms with Gasteiger partial charge in [-0.3, -0.25) is 18.7 Å². The van der Waals surface area contributed by atoms with E-state index in [-0.39, 0.29) is 17.6 Å². The number of carbonyl (C=O) groups excluding carboxylic acids is 1. The lowest BCUT2D eigenvalue weighted by Gasteiger charge is -2.35. The van der Waals surface area contributed by atoms with E-state index in [9.17, 15) is 14.4 Å². The molecule has 1 amide bonds. The van der Waals surface area contributed by atoms with E-state index in [1.807, 2.05) is 13.8 Å². The molecule has 0 aliphatic carbocycles. The van der Waals surface area contributed by atoms with E-state index in [0.717, 1.165) is 17.4 Å². The van der Waals surface area contributed by atoms with E-state index < -0.39 is 11.2 Å². The van der Waals surface area contributed by atoms with Crippen molar-refractivity contribution in [3.63, 3.8) is 0 Å². The van der Waals surface area contributed by atoms with Gasteiger partial charge in [0, 0.05) is 33.8 Å². The SMILES string of the molecule is Cn1c(=O)c2cc(C(=O)NC3CCOC(C)(C)C3)n(C)c2n(C)c1=O. The Kier molecular flexibility index (Phi) is 4.10. The summed E-state index contributed by atoms with van der Waals surface area (Å²) in [4.78, 5) is 37.2. The summed E-state index contributed by atoms with van der Waals surface area (Å²) in [5, 5.41) is 3.38. The summed E-state index contributed by atoms with van der Waals surface area (Å²) >= 11 is 0. The van der Waals surface area contributed by atoms with E-state index in [1.165, 1.54) is 11.6 Å². The highest BCUT2D eigenvalue weighted by molar-refractivity contribution is 5.98. The van der Waals surface area contributed by atoms with Gasteiger partial charge in [0.15, 0.2) is 0 Å². The number of aromatic nitrogens is 3. The van der Waals surface area contributed by atoms with E-state index in [0.29, 0.717) is 23.3 Å². The van der Waals surface area contributed by atoms with Gasteiger partial charge in [-0.15, -0.1) is 0 Å². The molecule has 1 fully saturated rings. The fourth-order valence-corrected chi connectivity index (χ4v) is 3.57. The standard InChI is InChI=1S/C17H24N4O4/c1-17(2)9-10(6-7-25-17)18-13(22)12-8-11-14(19(12)3)20(4)16(24)21(5)15(11)23/h8,10H,6-7,9H2,1-5H3,(H,18,22). The molecule has 0 bridgehead atoms. The Morgan fingerprint density at radius 3 is 2.52 bits per heavy atom. The summed E-state index contributed by atoms with van der Waals surface area (Å²) < 4.78 is 9.70. The van der Waals surface area contributed by atoms with Gasteiger partial charge in [0.25, 0.3) is 11.5 Å². The highest BCUT2D eigenvalue weighted by atomic mass is 16.5. The number of carbonyl (C=O) groups is 1. The number of ether oxygens (including phenoxy) is 1. The van der Waals surface area contributed by atoms with Gasteiger partial charge in [-0.25, -0.2) is 4.79 Å². The molecule has 136 valence electrons. The average molecular weight is 348 g/mol. The largest absolute Gasteiger partial charge is 0.375 e. The van der Waals surface area contributed by atoms with Crippen molar-refractivity contribution in [3.8, 4) is 0 Å². The van der Waals surface area contributed by atoms with Gasteiger partial charge in [0.05, 0.1) is 11.0 Å². The molecule has 2 aromatic heterocycles. The average Bonchev–Trinajstić information content (AvgIpc) is 2.87. The summed E-state index contributed by atoms with van der Waals surface area (Å²) in [5.41, 5.74) is -0.297. The summed E-state index contributed by atoms with van der Waals surface area (Å²) in [7, 11) is 4.71. The second-order valence-electron chi connectivity index (χ2n) is 7.30. The van der Waals surface area contributed by atoms with E-state index >= 15 is 0 Å². The van der Waals surface area contributed by atoms with Crippen LogP contribution in [-0.2, 0) is 25.9 Å². The molecule has 1 atom stereocenters. The Balaban J connectivity index is 1.99. The lowest BCUT2D eigenvalue weighted by molar-refractivity contribution is -0.0615. The summed E-state index contributed by atoms with van der Waals surface area (Å²) in [6.07, 6.45) is 1.47. The highest BCUT2D eigenvalue weighted by Crippen LogP contribution is 2.24. The second kappa shape index (κ2) is 5.87. The second-order valence-corrected chi connectivity index (χ2v) is 7.30. The number of rotatable bonds is 2. The van der Waals surface area contributed by atoms with Gasteiger partial charge in [0.2, 0.25) is 0 Å². The third kappa shape index (κ3) is 2.90. The normalized spacial score (nSPS) is 20.0. The molecule has 1 unspecified atom stereocenters. The fourth-order valence-electron chi connectivity index (χ4n) is 3.57. The maximum atomic E-state index is 12.7. The number of nitrogens with one attached hydrogen (secondary N) is 1. The summed E-state index contributed by atoms with van der Waals surface area (Å²) in [6.45, 7) is 4.60. The zero-order valence-electron chi connectivity index (χ0n) is 15.3. The first-order valence-electron chi connectivity index (χ1n) is 8.32. The van der Waals surface area contributed by atoms with Crippen LogP contribution in [0.15, 0.2) is 15.7 Å². The minimum atomic E-state index is -0.420. The zero-order valence-corrected chi connectivity index (χ0v) is 15.3. The fraction of sp³-hybridized carbons (Fsp3) is 0.588. The molecular formula is C17H24N4O4. The number of hydrogen-bond acceptors (Lipinski definition) is 4. The first-order valence-corrected chi connectivity index (χ1v) is 8.32. The van der Waals surface area contributed by atoms with Crippen molar-refractivity contribution >= 4 is 16.9 Å². The highest BCUT2D eigenvalue weighted by Gasteiger charge is 2.30. The van der Waals surface area contributed by atoms with Crippen LogP contribution in [0.25, 0.3) is 11.0 Å². The van der Waals surface area contributed by atoms with Gasteiger partial charge >= 0.3 is 5.69 Å². The maximum absolute atomic E-state index is 12.7. The summed E-state index contributed by atoms with van der Waals surface area (Å²) in [5.74, 6) is -0.254. The molecule has 3 heterocycles. The predicted octanol–water partition coefficient (Wildman–Crippen LogP) is 0.263. The van der Waals surface area contributed by atoms with Crippen molar-refractivity contribution in [1.29, 1.82) is 0 Å². The van der Waals surface area contributed by atoms with Crippen LogP contribution < -0.4 is 16.6 Å². The molecule has 0 spiro atoms. The maximum Gasteiger partial charge on any atom is 0.332 e. The predicted molar refractivity (Wildman–Crippen MR) is 93.9 cm³/mol. The zero-order chi connectivity index (χ0) is 18.5. The topological polar surface area (TPSA) is 87.3 Å². The van der Waals surface area contributed by atoms with Gasteiger partial charge in [-0.2, -0.15) is 0 Å². The van der Waals surface area contributed by atoms with Crippen LogP contribution in [0.4, 0.5) is 0 Å². The van der Waals surface area contributed by atoms with Crippen molar-refractivity contribution in [3.05, 3.63) is 32.6 Å². The Morgan fingerprint density at radius 1 is 1.20 bits per heavy atom. The lowest BCUT2D eigenvalue weighted by atomic mass is 9.94. The molecule has 2 aromatic rings. The van der Waals surface area contributed by atoms with Crippen LogP contribution in [0.3, 0.4) is 0 Å². The third-order valence-electron chi connectivity index (χ3n) is 4.89. The first-order chi connectivity index (χ1) is 11.6. The monoisotopic (exact) mass is 348 g/mol. The lowest BCUT2D eigenvalue weighted by Crippen LogP contribution is -2.46. The molecule has 8 heteroatoms. The molecular weight excluding hydrogens is 324 g/mol. The van der Waals surface area contributed by atoms with Crippen LogP contribution in [0.1, 0.15) is 37.2 Å². The van der Waals surface area contributed by atoms with Crippen molar-refractivity contribution in [1.82, 2.24) is 19.0 Å². The Bertz CT molecular complexity index is 964. The van der Waals surface area contributed by atoms with Crippen LogP contribution in [-0.4, -0.2) is 37.9 Å². The molecule has 25 heavy (non-hydrogen) atoms. The molecule has 1 aliphatic heterocycles. The summed E-state index contributed by atoms with van der Waals surface area (Å²) in [6, 6.07) is 1.57. The van der Waals surface area contributed by atoms with Crippen molar-refractivity contribution in [2.45, 2.75) is 38.3 Å².